The van der Waals surface area contributed by atoms with E-state index in [0.29, 0.717) is 18.9 Å². The summed E-state index contributed by atoms with van der Waals surface area (Å²) in [4.78, 5) is 27.1. The van der Waals surface area contributed by atoms with Gasteiger partial charge in [-0.05, 0) is 17.9 Å². The maximum atomic E-state index is 12.2. The van der Waals surface area contributed by atoms with Crippen LogP contribution in [0, 0.1) is 5.92 Å². The van der Waals surface area contributed by atoms with Gasteiger partial charge in [-0.1, -0.05) is 30.3 Å². The number of benzene rings is 1. The Kier molecular flexibility index (Phi) is 4.77. The molecule has 1 heterocycles. The molecule has 0 saturated carbocycles. The Bertz CT molecular complexity index is 473. The quantitative estimate of drug-likeness (QED) is 0.841. The molecule has 0 aliphatic carbocycles. The predicted molar refractivity (Wildman–Crippen MR) is 77.9 cm³/mol. The van der Waals surface area contributed by atoms with Gasteiger partial charge >= 0.3 is 0 Å². The molecule has 1 atom stereocenters. The first-order chi connectivity index (χ1) is 9.56. The molecule has 0 aromatic heterocycles. The molecule has 0 bridgehead atoms. The zero-order valence-electron chi connectivity index (χ0n) is 12.2. The second kappa shape index (κ2) is 6.55. The molecular formula is C16H22N2O2. The molecule has 0 spiro atoms. The number of hydrogen-bond acceptors (Lipinski definition) is 2. The molecule has 1 aromatic rings. The molecule has 1 saturated heterocycles. The number of carbonyl (C=O) groups excluding carboxylic acids is 2. The Hall–Kier alpha value is -1.84. The summed E-state index contributed by atoms with van der Waals surface area (Å²) >= 11 is 0. The van der Waals surface area contributed by atoms with E-state index in [4.69, 9.17) is 0 Å². The lowest BCUT2D eigenvalue weighted by atomic mass is 10.0. The Balaban J connectivity index is 1.81. The normalized spacial score (nSPS) is 18.1. The summed E-state index contributed by atoms with van der Waals surface area (Å²) in [6.07, 6.45) is 1.47. The molecular weight excluding hydrogens is 252 g/mol. The molecule has 0 unspecified atom stereocenters. The van der Waals surface area contributed by atoms with E-state index in [1.165, 1.54) is 0 Å². The lowest BCUT2D eigenvalue weighted by molar-refractivity contribution is -0.132. The van der Waals surface area contributed by atoms with Crippen LogP contribution in [0.5, 0.6) is 0 Å². The molecule has 0 N–H and O–H groups in total. The molecule has 2 rings (SSSR count). The summed E-state index contributed by atoms with van der Waals surface area (Å²) in [5.74, 6) is 0.575. The van der Waals surface area contributed by atoms with Gasteiger partial charge in [0.1, 0.15) is 0 Å². The van der Waals surface area contributed by atoms with Crippen molar-refractivity contribution in [2.24, 2.45) is 5.92 Å². The van der Waals surface area contributed by atoms with Crippen LogP contribution in [0.4, 0.5) is 0 Å². The second-order valence-corrected chi connectivity index (χ2v) is 5.56. The monoisotopic (exact) mass is 274 g/mol. The third-order valence-corrected chi connectivity index (χ3v) is 3.88. The minimum absolute atomic E-state index is 0.109. The smallest absolute Gasteiger partial charge is 0.222 e. The summed E-state index contributed by atoms with van der Waals surface area (Å²) in [5.41, 5.74) is 1.14. The molecule has 4 nitrogen and oxygen atoms in total. The zero-order chi connectivity index (χ0) is 14.5. The van der Waals surface area contributed by atoms with Crippen LogP contribution in [0.25, 0.3) is 0 Å². The Morgan fingerprint density at radius 2 is 2.00 bits per heavy atom. The number of nitrogens with zero attached hydrogens (tertiary/aromatic N) is 2. The van der Waals surface area contributed by atoms with E-state index in [9.17, 15) is 9.59 Å². The zero-order valence-corrected chi connectivity index (χ0v) is 12.2. The Labute approximate surface area is 120 Å². The van der Waals surface area contributed by atoms with E-state index in [0.717, 1.165) is 25.1 Å². The first kappa shape index (κ1) is 14.6. The molecule has 108 valence electrons. The van der Waals surface area contributed by atoms with Crippen molar-refractivity contribution < 1.29 is 9.59 Å². The van der Waals surface area contributed by atoms with Crippen LogP contribution in [0.3, 0.4) is 0 Å². The van der Waals surface area contributed by atoms with Gasteiger partial charge in [-0.25, -0.2) is 0 Å². The van der Waals surface area contributed by atoms with Gasteiger partial charge in [-0.3, -0.25) is 9.59 Å². The van der Waals surface area contributed by atoms with E-state index in [2.05, 4.69) is 0 Å². The minimum Gasteiger partial charge on any atom is -0.343 e. The third kappa shape index (κ3) is 3.83. The summed E-state index contributed by atoms with van der Waals surface area (Å²) in [5, 5.41) is 0. The third-order valence-electron chi connectivity index (χ3n) is 3.88. The van der Waals surface area contributed by atoms with Crippen molar-refractivity contribution in [1.29, 1.82) is 0 Å². The van der Waals surface area contributed by atoms with Gasteiger partial charge in [0.15, 0.2) is 0 Å². The van der Waals surface area contributed by atoms with E-state index in [1.54, 1.807) is 11.8 Å². The molecule has 2 amide bonds. The van der Waals surface area contributed by atoms with E-state index >= 15 is 0 Å². The maximum Gasteiger partial charge on any atom is 0.222 e. The highest BCUT2D eigenvalue weighted by molar-refractivity contribution is 5.77. The summed E-state index contributed by atoms with van der Waals surface area (Å²) < 4.78 is 0. The van der Waals surface area contributed by atoms with Crippen molar-refractivity contribution in [1.82, 2.24) is 9.80 Å². The van der Waals surface area contributed by atoms with Gasteiger partial charge < -0.3 is 9.80 Å². The SMILES string of the molecule is CC(=O)N1CC[C@H](CC(=O)N(C)Cc2ccccc2)C1. The van der Waals surface area contributed by atoms with Crippen molar-refractivity contribution >= 4 is 11.8 Å². The van der Waals surface area contributed by atoms with Crippen LogP contribution in [0.2, 0.25) is 0 Å². The molecule has 1 aliphatic heterocycles. The number of amides is 2. The van der Waals surface area contributed by atoms with Gasteiger partial charge in [0.2, 0.25) is 11.8 Å². The number of hydrogen-bond donors (Lipinski definition) is 0. The van der Waals surface area contributed by atoms with Gasteiger partial charge in [0.05, 0.1) is 0 Å². The number of likely N-dealkylation sites (tertiary alicyclic amines) is 1. The Morgan fingerprint density at radius 1 is 1.30 bits per heavy atom. The lowest BCUT2D eigenvalue weighted by Crippen LogP contribution is -2.30. The van der Waals surface area contributed by atoms with E-state index < -0.39 is 0 Å². The van der Waals surface area contributed by atoms with Crippen LogP contribution in [-0.2, 0) is 16.1 Å². The second-order valence-electron chi connectivity index (χ2n) is 5.56. The molecule has 1 aromatic carbocycles. The number of carbonyl (C=O) groups is 2. The minimum atomic E-state index is 0.109. The maximum absolute atomic E-state index is 12.2. The van der Waals surface area contributed by atoms with Crippen molar-refractivity contribution in [3.05, 3.63) is 35.9 Å². The van der Waals surface area contributed by atoms with Crippen molar-refractivity contribution in [3.8, 4) is 0 Å². The van der Waals surface area contributed by atoms with Crippen LogP contribution in [0.1, 0.15) is 25.3 Å². The standard InChI is InChI=1S/C16H22N2O2/c1-13(19)18-9-8-15(12-18)10-16(20)17(2)11-14-6-4-3-5-7-14/h3-7,15H,8-12H2,1-2H3/t15-/m1/s1. The fraction of sp³-hybridized carbons (Fsp3) is 0.500. The lowest BCUT2D eigenvalue weighted by Gasteiger charge is -2.19. The van der Waals surface area contributed by atoms with E-state index in [1.807, 2.05) is 42.3 Å². The fourth-order valence-electron chi connectivity index (χ4n) is 2.63. The van der Waals surface area contributed by atoms with Crippen LogP contribution in [-0.4, -0.2) is 41.8 Å². The highest BCUT2D eigenvalue weighted by Crippen LogP contribution is 2.20. The Morgan fingerprint density at radius 3 is 2.60 bits per heavy atom. The predicted octanol–water partition coefficient (Wildman–Crippen LogP) is 1.90. The molecule has 4 heteroatoms. The van der Waals surface area contributed by atoms with Crippen molar-refractivity contribution in [2.45, 2.75) is 26.3 Å². The molecule has 1 fully saturated rings. The van der Waals surface area contributed by atoms with E-state index in [-0.39, 0.29) is 11.8 Å². The van der Waals surface area contributed by atoms with Gasteiger partial charge in [-0.2, -0.15) is 0 Å². The van der Waals surface area contributed by atoms with Gasteiger partial charge in [-0.15, -0.1) is 0 Å². The first-order valence-corrected chi connectivity index (χ1v) is 7.09. The highest BCUT2D eigenvalue weighted by Gasteiger charge is 2.26. The topological polar surface area (TPSA) is 40.6 Å². The van der Waals surface area contributed by atoms with Gasteiger partial charge in [0.25, 0.3) is 0 Å². The summed E-state index contributed by atoms with van der Waals surface area (Å²) in [6.45, 7) is 3.74. The average Bonchev–Trinajstić information content (AvgIpc) is 2.88. The summed E-state index contributed by atoms with van der Waals surface area (Å²) in [7, 11) is 1.84. The largest absolute Gasteiger partial charge is 0.343 e. The van der Waals surface area contributed by atoms with Crippen LogP contribution >= 0.6 is 0 Å². The average molecular weight is 274 g/mol. The first-order valence-electron chi connectivity index (χ1n) is 7.09. The van der Waals surface area contributed by atoms with Crippen molar-refractivity contribution in [2.75, 3.05) is 20.1 Å². The van der Waals surface area contributed by atoms with Gasteiger partial charge in [0, 0.05) is 40.0 Å². The molecule has 20 heavy (non-hydrogen) atoms. The molecule has 1 aliphatic rings. The van der Waals surface area contributed by atoms with Crippen LogP contribution in [0.15, 0.2) is 30.3 Å². The molecule has 0 radical (unpaired) electrons. The summed E-state index contributed by atoms with van der Waals surface area (Å²) in [6, 6.07) is 9.98. The number of rotatable bonds is 4. The fourth-order valence-corrected chi connectivity index (χ4v) is 2.63. The van der Waals surface area contributed by atoms with Crippen molar-refractivity contribution in [3.63, 3.8) is 0 Å². The highest BCUT2D eigenvalue weighted by atomic mass is 16.2. The van der Waals surface area contributed by atoms with Crippen LogP contribution < -0.4 is 0 Å².